The van der Waals surface area contributed by atoms with E-state index in [4.69, 9.17) is 5.73 Å². The number of hydrogen-bond acceptors (Lipinski definition) is 4. The van der Waals surface area contributed by atoms with Gasteiger partial charge in [-0.1, -0.05) is 5.21 Å². The summed E-state index contributed by atoms with van der Waals surface area (Å²) in [6.45, 7) is 2.35. The van der Waals surface area contributed by atoms with Gasteiger partial charge in [-0.25, -0.2) is 4.68 Å². The molecule has 0 saturated heterocycles. The number of ketones is 1. The Balaban J connectivity index is 2.39. The molecule has 1 aromatic rings. The minimum Gasteiger partial charge on any atom is -0.325 e. The van der Waals surface area contributed by atoms with Crippen LogP contribution in [0.2, 0.25) is 0 Å². The number of hydrogen-bond donors (Lipinski definition) is 1. The van der Waals surface area contributed by atoms with Crippen LogP contribution in [0, 0.1) is 11.8 Å². The molecule has 0 aliphatic heterocycles. The van der Waals surface area contributed by atoms with E-state index in [-0.39, 0.29) is 12.3 Å². The largest absolute Gasteiger partial charge is 0.325 e. The lowest BCUT2D eigenvalue weighted by molar-refractivity contribution is -0.119. The normalized spacial score (nSPS) is 9.47. The molecule has 0 bridgehead atoms. The number of Topliss-reactive ketones (excluding diaryl/α,β-unsaturated/α-hetero) is 1. The molecule has 1 aromatic heterocycles. The van der Waals surface area contributed by atoms with E-state index in [0.717, 1.165) is 0 Å². The number of carbonyl (C=O) groups excluding carboxylic acids is 1. The second-order valence-electron chi connectivity index (χ2n) is 3.08. The third-order valence-corrected chi connectivity index (χ3v) is 1.84. The Hall–Kier alpha value is -1.67. The number of carbonyl (C=O) groups is 1. The molecule has 0 aliphatic carbocycles. The highest BCUT2D eigenvalue weighted by molar-refractivity contribution is 5.78. The van der Waals surface area contributed by atoms with Crippen molar-refractivity contribution in [3.8, 4) is 11.8 Å². The standard InChI is InChI=1S/C10H14N4O/c1-2-3-4-5-10(15)8-14-7-9(6-11)12-13-14/h7H,4-6,8,11H2,1H3. The molecule has 0 aromatic carbocycles. The van der Waals surface area contributed by atoms with E-state index in [1.54, 1.807) is 13.1 Å². The zero-order valence-corrected chi connectivity index (χ0v) is 8.73. The van der Waals surface area contributed by atoms with Crippen LogP contribution in [0.5, 0.6) is 0 Å². The van der Waals surface area contributed by atoms with Crippen molar-refractivity contribution < 1.29 is 4.79 Å². The van der Waals surface area contributed by atoms with Gasteiger partial charge in [0.15, 0.2) is 5.78 Å². The maximum Gasteiger partial charge on any atom is 0.155 e. The Morgan fingerprint density at radius 1 is 1.67 bits per heavy atom. The van der Waals surface area contributed by atoms with E-state index < -0.39 is 0 Å². The van der Waals surface area contributed by atoms with Gasteiger partial charge < -0.3 is 5.73 Å². The fourth-order valence-corrected chi connectivity index (χ4v) is 1.10. The second-order valence-corrected chi connectivity index (χ2v) is 3.08. The minimum absolute atomic E-state index is 0.103. The number of nitrogens with zero attached hydrogens (tertiary/aromatic N) is 3. The zero-order valence-electron chi connectivity index (χ0n) is 8.73. The summed E-state index contributed by atoms with van der Waals surface area (Å²) in [6, 6.07) is 0. The van der Waals surface area contributed by atoms with Crippen LogP contribution in [-0.2, 0) is 17.9 Å². The van der Waals surface area contributed by atoms with E-state index in [2.05, 4.69) is 22.2 Å². The molecule has 5 nitrogen and oxygen atoms in total. The summed E-state index contributed by atoms with van der Waals surface area (Å²) in [7, 11) is 0. The molecule has 0 fully saturated rings. The maximum absolute atomic E-state index is 11.4. The van der Waals surface area contributed by atoms with Crippen LogP contribution in [0.15, 0.2) is 6.20 Å². The Labute approximate surface area is 88.6 Å². The van der Waals surface area contributed by atoms with Crippen LogP contribution in [0.25, 0.3) is 0 Å². The van der Waals surface area contributed by atoms with E-state index in [9.17, 15) is 4.79 Å². The molecule has 0 amide bonds. The van der Waals surface area contributed by atoms with Crippen molar-refractivity contribution in [3.63, 3.8) is 0 Å². The molecular weight excluding hydrogens is 192 g/mol. The topological polar surface area (TPSA) is 73.8 Å². The molecule has 0 atom stereocenters. The SMILES string of the molecule is CC#CCCC(=O)Cn1cc(CN)nn1. The lowest BCUT2D eigenvalue weighted by Crippen LogP contribution is -2.10. The van der Waals surface area contributed by atoms with Crippen LogP contribution < -0.4 is 5.73 Å². The maximum atomic E-state index is 11.4. The van der Waals surface area contributed by atoms with Crippen LogP contribution in [0.3, 0.4) is 0 Å². The first-order valence-electron chi connectivity index (χ1n) is 4.76. The van der Waals surface area contributed by atoms with Gasteiger partial charge in [0.1, 0.15) is 6.54 Å². The van der Waals surface area contributed by atoms with Gasteiger partial charge >= 0.3 is 0 Å². The van der Waals surface area contributed by atoms with Crippen molar-refractivity contribution in [3.05, 3.63) is 11.9 Å². The second kappa shape index (κ2) is 5.94. The van der Waals surface area contributed by atoms with Crippen molar-refractivity contribution >= 4 is 5.78 Å². The molecule has 0 spiro atoms. The van der Waals surface area contributed by atoms with E-state index >= 15 is 0 Å². The molecular formula is C10H14N4O. The van der Waals surface area contributed by atoms with E-state index in [1.165, 1.54) is 4.68 Å². The summed E-state index contributed by atoms with van der Waals surface area (Å²) in [5, 5.41) is 7.58. The Morgan fingerprint density at radius 3 is 3.07 bits per heavy atom. The van der Waals surface area contributed by atoms with Gasteiger partial charge in [0, 0.05) is 19.4 Å². The van der Waals surface area contributed by atoms with Crippen LogP contribution >= 0.6 is 0 Å². The lowest BCUT2D eigenvalue weighted by atomic mass is 10.2. The first-order chi connectivity index (χ1) is 7.26. The molecule has 0 saturated carbocycles. The number of rotatable bonds is 5. The molecule has 1 heterocycles. The highest BCUT2D eigenvalue weighted by Crippen LogP contribution is 1.95. The summed E-state index contributed by atoms with van der Waals surface area (Å²) in [5.74, 6) is 5.69. The highest BCUT2D eigenvalue weighted by atomic mass is 16.1. The summed E-state index contributed by atoms with van der Waals surface area (Å²) in [6.07, 6.45) is 2.75. The van der Waals surface area contributed by atoms with Crippen molar-refractivity contribution in [2.45, 2.75) is 32.9 Å². The molecule has 15 heavy (non-hydrogen) atoms. The van der Waals surface area contributed by atoms with Crippen LogP contribution in [-0.4, -0.2) is 20.8 Å². The summed E-state index contributed by atoms with van der Waals surface area (Å²) in [5.41, 5.74) is 6.06. The Bertz CT molecular complexity index is 386. The van der Waals surface area contributed by atoms with Crippen LogP contribution in [0.1, 0.15) is 25.5 Å². The van der Waals surface area contributed by atoms with Gasteiger partial charge in [-0.3, -0.25) is 4.79 Å². The van der Waals surface area contributed by atoms with E-state index in [1.807, 2.05) is 0 Å². The van der Waals surface area contributed by atoms with Gasteiger partial charge in [0.05, 0.1) is 11.9 Å². The van der Waals surface area contributed by atoms with E-state index in [0.29, 0.717) is 25.1 Å². The highest BCUT2D eigenvalue weighted by Gasteiger charge is 2.04. The average Bonchev–Trinajstić information content (AvgIpc) is 2.66. The van der Waals surface area contributed by atoms with Gasteiger partial charge in [0.2, 0.25) is 0 Å². The Kier molecular flexibility index (Phi) is 4.51. The molecule has 0 radical (unpaired) electrons. The first-order valence-corrected chi connectivity index (χ1v) is 4.76. The van der Waals surface area contributed by atoms with Crippen molar-refractivity contribution in [1.29, 1.82) is 0 Å². The van der Waals surface area contributed by atoms with Gasteiger partial charge in [0.25, 0.3) is 0 Å². The summed E-state index contributed by atoms with van der Waals surface area (Å²) in [4.78, 5) is 11.4. The van der Waals surface area contributed by atoms with Crippen molar-refractivity contribution in [2.75, 3.05) is 0 Å². The Morgan fingerprint density at radius 2 is 2.47 bits per heavy atom. The number of nitrogens with two attached hydrogens (primary N) is 1. The van der Waals surface area contributed by atoms with Crippen molar-refractivity contribution in [2.24, 2.45) is 5.73 Å². The average molecular weight is 206 g/mol. The zero-order chi connectivity index (χ0) is 11.1. The van der Waals surface area contributed by atoms with Crippen LogP contribution in [0.4, 0.5) is 0 Å². The van der Waals surface area contributed by atoms with Gasteiger partial charge in [-0.05, 0) is 6.92 Å². The van der Waals surface area contributed by atoms with Crippen molar-refractivity contribution in [1.82, 2.24) is 15.0 Å². The van der Waals surface area contributed by atoms with Gasteiger partial charge in [-0.2, -0.15) is 0 Å². The van der Waals surface area contributed by atoms with Gasteiger partial charge in [-0.15, -0.1) is 16.9 Å². The minimum atomic E-state index is 0.103. The molecule has 80 valence electrons. The quantitative estimate of drug-likeness (QED) is 0.694. The molecule has 1 rings (SSSR count). The third kappa shape index (κ3) is 3.92. The predicted octanol–water partition coefficient (Wildman–Crippen LogP) is 0.109. The lowest BCUT2D eigenvalue weighted by Gasteiger charge is -1.96. The monoisotopic (exact) mass is 206 g/mol. The first kappa shape index (κ1) is 11.4. The summed E-state index contributed by atoms with van der Waals surface area (Å²) < 4.78 is 1.50. The third-order valence-electron chi connectivity index (χ3n) is 1.84. The fourth-order valence-electron chi connectivity index (χ4n) is 1.10. The number of aromatic nitrogens is 3. The smallest absolute Gasteiger partial charge is 0.155 e. The molecule has 0 unspecified atom stereocenters. The fraction of sp³-hybridized carbons (Fsp3) is 0.500. The molecule has 2 N–H and O–H groups in total. The molecule has 5 heteroatoms. The summed E-state index contributed by atoms with van der Waals surface area (Å²) >= 11 is 0. The molecule has 0 aliphatic rings. The predicted molar refractivity (Wildman–Crippen MR) is 55.6 cm³/mol.